The molecule has 1 N–H and O–H groups in total. The molecule has 70 valence electrons. The number of amides is 1. The molecular formula is C12H10NO-. The van der Waals surface area contributed by atoms with Crippen LogP contribution in [0.2, 0.25) is 0 Å². The lowest BCUT2D eigenvalue weighted by atomic mass is 10.2. The van der Waals surface area contributed by atoms with Crippen LogP contribution in [-0.2, 0) is 0 Å². The number of nitrogens with one attached hydrogen (secondary N) is 1. The highest BCUT2D eigenvalue weighted by Gasteiger charge is 2.01. The van der Waals surface area contributed by atoms with Gasteiger partial charge in [-0.2, -0.15) is 12.1 Å². The zero-order valence-corrected chi connectivity index (χ0v) is 7.60. The summed E-state index contributed by atoms with van der Waals surface area (Å²) in [5, 5.41) is 2.80. The Morgan fingerprint density at radius 3 is 2.50 bits per heavy atom. The predicted molar refractivity (Wildman–Crippen MR) is 56.4 cm³/mol. The Morgan fingerprint density at radius 2 is 1.86 bits per heavy atom. The molecule has 0 radical (unpaired) electrons. The second-order valence-electron chi connectivity index (χ2n) is 2.99. The van der Waals surface area contributed by atoms with Crippen LogP contribution in [0.1, 0.15) is 10.4 Å². The van der Waals surface area contributed by atoms with Crippen molar-refractivity contribution in [2.45, 2.75) is 0 Å². The summed E-state index contributed by atoms with van der Waals surface area (Å²) in [6.45, 7) is 0. The van der Waals surface area contributed by atoms with Gasteiger partial charge in [0, 0.05) is 5.56 Å². The molecule has 0 saturated carbocycles. The maximum absolute atomic E-state index is 11.6. The van der Waals surface area contributed by atoms with Crippen LogP contribution in [0, 0.1) is 0 Å². The molecule has 0 fully saturated rings. The van der Waals surface area contributed by atoms with Crippen LogP contribution in [0.4, 0.5) is 5.69 Å². The summed E-state index contributed by atoms with van der Waals surface area (Å²) in [6, 6.07) is 16.7. The third-order valence-corrected chi connectivity index (χ3v) is 1.96. The first-order valence-electron chi connectivity index (χ1n) is 4.44. The van der Waals surface area contributed by atoms with E-state index in [9.17, 15) is 4.79 Å². The van der Waals surface area contributed by atoms with Gasteiger partial charge in [-0.05, 0) is 12.1 Å². The van der Waals surface area contributed by atoms with Crippen molar-refractivity contribution in [3.8, 4) is 0 Å². The average molecular weight is 184 g/mol. The van der Waals surface area contributed by atoms with Crippen molar-refractivity contribution in [2.75, 3.05) is 5.32 Å². The fourth-order valence-corrected chi connectivity index (χ4v) is 1.25. The van der Waals surface area contributed by atoms with Gasteiger partial charge in [-0.1, -0.05) is 23.9 Å². The van der Waals surface area contributed by atoms with Gasteiger partial charge in [-0.25, -0.2) is 6.07 Å². The van der Waals surface area contributed by atoms with E-state index in [1.807, 2.05) is 42.5 Å². The SMILES string of the molecule is O=C(Nc1ccc[cH-]1)c1ccccc1. The molecule has 0 aliphatic carbocycles. The molecule has 0 aliphatic heterocycles. The molecule has 0 heterocycles. The van der Waals surface area contributed by atoms with E-state index in [-0.39, 0.29) is 5.91 Å². The lowest BCUT2D eigenvalue weighted by Crippen LogP contribution is -2.10. The van der Waals surface area contributed by atoms with Crippen molar-refractivity contribution < 1.29 is 4.79 Å². The number of hydrogen-bond acceptors (Lipinski definition) is 1. The van der Waals surface area contributed by atoms with Crippen molar-refractivity contribution in [3.05, 3.63) is 60.2 Å². The van der Waals surface area contributed by atoms with Gasteiger partial charge < -0.3 is 5.32 Å². The highest BCUT2D eigenvalue weighted by atomic mass is 16.1. The maximum Gasteiger partial charge on any atom is 0.253 e. The van der Waals surface area contributed by atoms with E-state index in [4.69, 9.17) is 0 Å². The Hall–Kier alpha value is -1.96. The molecule has 2 heteroatoms. The van der Waals surface area contributed by atoms with Crippen LogP contribution in [-0.4, -0.2) is 5.91 Å². The van der Waals surface area contributed by atoms with Crippen LogP contribution in [0.5, 0.6) is 0 Å². The molecule has 2 aromatic rings. The van der Waals surface area contributed by atoms with Gasteiger partial charge in [-0.15, -0.1) is 6.07 Å². The highest BCUT2D eigenvalue weighted by molar-refractivity contribution is 6.04. The quantitative estimate of drug-likeness (QED) is 0.714. The molecule has 0 aromatic heterocycles. The second-order valence-corrected chi connectivity index (χ2v) is 2.99. The monoisotopic (exact) mass is 184 g/mol. The molecule has 2 rings (SSSR count). The number of carbonyl (C=O) groups excluding carboxylic acids is 1. The Labute approximate surface area is 82.6 Å². The van der Waals surface area contributed by atoms with E-state index in [0.717, 1.165) is 5.69 Å². The third kappa shape index (κ3) is 1.85. The lowest BCUT2D eigenvalue weighted by molar-refractivity contribution is 0.102. The summed E-state index contributed by atoms with van der Waals surface area (Å²) in [4.78, 5) is 11.6. The van der Waals surface area contributed by atoms with Gasteiger partial charge in [0.05, 0.1) is 0 Å². The summed E-state index contributed by atoms with van der Waals surface area (Å²) in [5.41, 5.74) is 1.51. The van der Waals surface area contributed by atoms with E-state index < -0.39 is 0 Å². The summed E-state index contributed by atoms with van der Waals surface area (Å²) in [7, 11) is 0. The van der Waals surface area contributed by atoms with Gasteiger partial charge in [0.2, 0.25) is 0 Å². The molecule has 0 aliphatic rings. The average Bonchev–Trinajstić information content (AvgIpc) is 2.72. The van der Waals surface area contributed by atoms with Crippen molar-refractivity contribution in [1.29, 1.82) is 0 Å². The van der Waals surface area contributed by atoms with E-state index in [1.165, 1.54) is 0 Å². The molecular weight excluding hydrogens is 174 g/mol. The fourth-order valence-electron chi connectivity index (χ4n) is 1.25. The molecule has 0 unspecified atom stereocenters. The molecule has 1 amide bonds. The zero-order chi connectivity index (χ0) is 9.80. The van der Waals surface area contributed by atoms with Crippen molar-refractivity contribution in [3.63, 3.8) is 0 Å². The maximum atomic E-state index is 11.6. The van der Waals surface area contributed by atoms with E-state index in [0.29, 0.717) is 5.56 Å². The number of hydrogen-bond donors (Lipinski definition) is 1. The van der Waals surface area contributed by atoms with Gasteiger partial charge in [0.1, 0.15) is 0 Å². The fraction of sp³-hybridized carbons (Fsp3) is 0. The zero-order valence-electron chi connectivity index (χ0n) is 7.60. The Morgan fingerprint density at radius 1 is 1.07 bits per heavy atom. The van der Waals surface area contributed by atoms with Crippen molar-refractivity contribution >= 4 is 11.6 Å². The smallest absolute Gasteiger partial charge is 0.253 e. The molecule has 14 heavy (non-hydrogen) atoms. The van der Waals surface area contributed by atoms with E-state index in [1.54, 1.807) is 12.1 Å². The van der Waals surface area contributed by atoms with Gasteiger partial charge in [-0.3, -0.25) is 4.79 Å². The largest absolute Gasteiger partial charge is 0.346 e. The molecule has 2 nitrogen and oxygen atoms in total. The van der Waals surface area contributed by atoms with Gasteiger partial charge in [0.15, 0.2) is 0 Å². The van der Waals surface area contributed by atoms with Crippen LogP contribution in [0.15, 0.2) is 54.6 Å². The van der Waals surface area contributed by atoms with Crippen molar-refractivity contribution in [2.24, 2.45) is 0 Å². The van der Waals surface area contributed by atoms with Gasteiger partial charge >= 0.3 is 0 Å². The van der Waals surface area contributed by atoms with Crippen LogP contribution < -0.4 is 5.32 Å². The summed E-state index contributed by atoms with van der Waals surface area (Å²) in [6.07, 6.45) is 0. The van der Waals surface area contributed by atoms with Crippen LogP contribution >= 0.6 is 0 Å². The number of carbonyl (C=O) groups is 1. The lowest BCUT2D eigenvalue weighted by Gasteiger charge is -2.05. The van der Waals surface area contributed by atoms with Crippen LogP contribution in [0.25, 0.3) is 0 Å². The minimum atomic E-state index is -0.0724. The Balaban J connectivity index is 2.11. The molecule has 0 atom stereocenters. The number of anilines is 1. The third-order valence-electron chi connectivity index (χ3n) is 1.96. The Kier molecular flexibility index (Phi) is 2.36. The highest BCUT2D eigenvalue weighted by Crippen LogP contribution is 2.09. The summed E-state index contributed by atoms with van der Waals surface area (Å²) in [5.74, 6) is -0.0724. The van der Waals surface area contributed by atoms with Crippen LogP contribution in [0.3, 0.4) is 0 Å². The first-order valence-corrected chi connectivity index (χ1v) is 4.44. The summed E-state index contributed by atoms with van der Waals surface area (Å²) < 4.78 is 0. The minimum absolute atomic E-state index is 0.0724. The standard InChI is InChI=1S/C12H10NO/c14-12(10-6-2-1-3-7-10)13-11-8-4-5-9-11/h1-9H,(H,13,14)/q-1. The van der Waals surface area contributed by atoms with Gasteiger partial charge in [0.25, 0.3) is 5.91 Å². The van der Waals surface area contributed by atoms with Crippen molar-refractivity contribution in [1.82, 2.24) is 0 Å². The minimum Gasteiger partial charge on any atom is -0.346 e. The number of rotatable bonds is 2. The molecule has 0 spiro atoms. The summed E-state index contributed by atoms with van der Waals surface area (Å²) >= 11 is 0. The Bertz CT molecular complexity index is 403. The predicted octanol–water partition coefficient (Wildman–Crippen LogP) is 2.66. The van der Waals surface area contributed by atoms with E-state index >= 15 is 0 Å². The normalized spacial score (nSPS) is 9.71. The molecule has 2 aromatic carbocycles. The first-order chi connectivity index (χ1) is 6.86. The molecule has 0 bridgehead atoms. The second kappa shape index (κ2) is 3.83. The number of benzene rings is 1. The topological polar surface area (TPSA) is 29.1 Å². The van der Waals surface area contributed by atoms with E-state index in [2.05, 4.69) is 5.32 Å². The first kappa shape index (κ1) is 8.63. The molecule has 0 saturated heterocycles.